The third kappa shape index (κ3) is 7.09. The summed E-state index contributed by atoms with van der Waals surface area (Å²) in [6.45, 7) is 8.13. The molecule has 1 fully saturated rings. The fourth-order valence-corrected chi connectivity index (χ4v) is 5.08. The smallest absolute Gasteiger partial charge is 0.228 e. The van der Waals surface area contributed by atoms with Crippen molar-refractivity contribution >= 4 is 17.4 Å². The molecular weight excluding hydrogens is 488 g/mol. The zero-order chi connectivity index (χ0) is 27.2. The zero-order valence-corrected chi connectivity index (χ0v) is 22.8. The molecule has 1 aliphatic heterocycles. The number of nitrogens with zero attached hydrogens (tertiary/aromatic N) is 5. The molecule has 0 unspecified atom stereocenters. The first-order valence-corrected chi connectivity index (χ1v) is 13.7. The molecule has 0 aliphatic carbocycles. The Labute approximate surface area is 229 Å². The lowest BCUT2D eigenvalue weighted by molar-refractivity contribution is -0.115. The van der Waals surface area contributed by atoms with E-state index < -0.39 is 0 Å². The molecule has 0 spiro atoms. The van der Waals surface area contributed by atoms with Crippen LogP contribution in [-0.2, 0) is 24.2 Å². The summed E-state index contributed by atoms with van der Waals surface area (Å²) in [7, 11) is 0. The largest absolute Gasteiger partial charge is 0.326 e. The summed E-state index contributed by atoms with van der Waals surface area (Å²) in [5, 5.41) is 12.0. The molecule has 1 aliphatic rings. The van der Waals surface area contributed by atoms with Crippen LogP contribution in [0.4, 0.5) is 5.69 Å². The number of hydrogen-bond donors (Lipinski definition) is 1. The Hall–Kier alpha value is -4.04. The first-order valence-electron chi connectivity index (χ1n) is 13.7. The average Bonchev–Trinajstić information content (AvgIpc) is 3.54. The van der Waals surface area contributed by atoms with Crippen LogP contribution in [0, 0.1) is 13.8 Å². The van der Waals surface area contributed by atoms with E-state index in [2.05, 4.69) is 20.4 Å². The molecule has 0 saturated carbocycles. The van der Waals surface area contributed by atoms with Crippen LogP contribution in [0.1, 0.15) is 52.0 Å². The van der Waals surface area contributed by atoms with Gasteiger partial charge >= 0.3 is 0 Å². The summed E-state index contributed by atoms with van der Waals surface area (Å²) < 4.78 is 3.68. The summed E-state index contributed by atoms with van der Waals surface area (Å²) in [6, 6.07) is 15.2. The first-order chi connectivity index (χ1) is 18.9. The maximum atomic E-state index is 13.2. The fraction of sp³-hybridized carbons (Fsp3) is 0.355. The van der Waals surface area contributed by atoms with E-state index in [1.165, 1.54) is 32.4 Å². The second-order valence-electron chi connectivity index (χ2n) is 10.4. The molecule has 1 N–H and O–H groups in total. The van der Waals surface area contributed by atoms with Gasteiger partial charge in [0, 0.05) is 42.2 Å². The van der Waals surface area contributed by atoms with Gasteiger partial charge in [-0.05, 0) is 75.2 Å². The zero-order valence-electron chi connectivity index (χ0n) is 22.8. The fourth-order valence-electron chi connectivity index (χ4n) is 5.08. The second-order valence-corrected chi connectivity index (χ2v) is 10.4. The number of carbonyl (C=O) groups excluding carboxylic acids is 2. The number of amides is 1. The Bertz CT molecular complexity index is 1450. The molecule has 0 bridgehead atoms. The minimum atomic E-state index is -0.101. The molecule has 8 nitrogen and oxygen atoms in total. The highest BCUT2D eigenvalue weighted by Crippen LogP contribution is 2.17. The second kappa shape index (κ2) is 12.2. The van der Waals surface area contributed by atoms with E-state index in [0.29, 0.717) is 12.0 Å². The molecule has 202 valence electrons. The van der Waals surface area contributed by atoms with Crippen molar-refractivity contribution in [2.45, 2.75) is 52.5 Å². The highest BCUT2D eigenvalue weighted by molar-refractivity contribution is 5.98. The number of hydrogen-bond acceptors (Lipinski definition) is 5. The van der Waals surface area contributed by atoms with Gasteiger partial charge in [-0.3, -0.25) is 14.3 Å². The van der Waals surface area contributed by atoms with Crippen LogP contribution in [0.25, 0.3) is 5.69 Å². The van der Waals surface area contributed by atoms with E-state index in [1.807, 2.05) is 79.5 Å². The molecule has 0 radical (unpaired) electrons. The molecule has 2 aromatic heterocycles. The predicted molar refractivity (Wildman–Crippen MR) is 152 cm³/mol. The Morgan fingerprint density at radius 3 is 2.56 bits per heavy atom. The summed E-state index contributed by atoms with van der Waals surface area (Å²) in [6.07, 6.45) is 9.94. The minimum Gasteiger partial charge on any atom is -0.326 e. The van der Waals surface area contributed by atoms with Gasteiger partial charge in [0.15, 0.2) is 5.78 Å². The molecule has 4 aromatic rings. The van der Waals surface area contributed by atoms with E-state index in [1.54, 1.807) is 10.9 Å². The highest BCUT2D eigenvalue weighted by atomic mass is 16.1. The number of rotatable bonds is 10. The number of benzene rings is 2. The van der Waals surface area contributed by atoms with Crippen molar-refractivity contribution in [3.05, 3.63) is 95.1 Å². The SMILES string of the molecule is Cc1cccc(NC(=O)Cc2cnn(-c3cccc(C(=O)Cc4cn(CCN5CCCCC5)nc4C)c3)c2)c1. The van der Waals surface area contributed by atoms with Crippen molar-refractivity contribution in [3.8, 4) is 5.69 Å². The van der Waals surface area contributed by atoms with Crippen molar-refractivity contribution in [3.63, 3.8) is 0 Å². The lowest BCUT2D eigenvalue weighted by Crippen LogP contribution is -2.32. The van der Waals surface area contributed by atoms with Gasteiger partial charge in [-0.1, -0.05) is 30.7 Å². The standard InChI is InChI=1S/C31H36N6O2/c1-23-8-6-10-28(16-23)33-31(39)17-25-20-32-37(21-25)29-11-7-9-26(18-29)30(38)19-27-22-36(34-24(27)2)15-14-35-12-4-3-5-13-35/h6-11,16,18,20-22H,3-5,12-15,17,19H2,1-2H3,(H,33,39). The van der Waals surface area contributed by atoms with Crippen LogP contribution in [0.15, 0.2) is 67.1 Å². The number of anilines is 1. The molecule has 1 saturated heterocycles. The predicted octanol–water partition coefficient (Wildman–Crippen LogP) is 4.78. The normalized spacial score (nSPS) is 13.9. The lowest BCUT2D eigenvalue weighted by atomic mass is 10.0. The summed E-state index contributed by atoms with van der Waals surface area (Å²) in [5.41, 5.74) is 5.93. The Morgan fingerprint density at radius 1 is 0.923 bits per heavy atom. The first kappa shape index (κ1) is 26.6. The Balaban J connectivity index is 1.19. The molecule has 3 heterocycles. The van der Waals surface area contributed by atoms with Crippen molar-refractivity contribution in [1.82, 2.24) is 24.5 Å². The molecule has 8 heteroatoms. The summed E-state index contributed by atoms with van der Waals surface area (Å²) >= 11 is 0. The minimum absolute atomic E-state index is 0.0421. The van der Waals surface area contributed by atoms with Crippen LogP contribution in [-0.4, -0.2) is 55.8 Å². The monoisotopic (exact) mass is 524 g/mol. The molecule has 39 heavy (non-hydrogen) atoms. The molecule has 2 aromatic carbocycles. The van der Waals surface area contributed by atoms with Gasteiger partial charge in [0.25, 0.3) is 0 Å². The van der Waals surface area contributed by atoms with E-state index in [4.69, 9.17) is 0 Å². The van der Waals surface area contributed by atoms with Gasteiger partial charge in [0.05, 0.1) is 30.5 Å². The maximum absolute atomic E-state index is 13.2. The van der Waals surface area contributed by atoms with Crippen LogP contribution in [0.5, 0.6) is 0 Å². The maximum Gasteiger partial charge on any atom is 0.228 e. The highest BCUT2D eigenvalue weighted by Gasteiger charge is 2.15. The van der Waals surface area contributed by atoms with E-state index in [9.17, 15) is 9.59 Å². The van der Waals surface area contributed by atoms with Gasteiger partial charge in [-0.2, -0.15) is 10.2 Å². The van der Waals surface area contributed by atoms with Gasteiger partial charge in [0.2, 0.25) is 5.91 Å². The Kier molecular flexibility index (Phi) is 8.32. The Morgan fingerprint density at radius 2 is 1.74 bits per heavy atom. The third-order valence-corrected chi connectivity index (χ3v) is 7.23. The molecule has 0 atom stereocenters. The number of aryl methyl sites for hydroxylation is 2. The lowest BCUT2D eigenvalue weighted by Gasteiger charge is -2.26. The molecule has 1 amide bonds. The van der Waals surface area contributed by atoms with E-state index in [-0.39, 0.29) is 18.1 Å². The van der Waals surface area contributed by atoms with Gasteiger partial charge < -0.3 is 10.2 Å². The van der Waals surface area contributed by atoms with E-state index in [0.717, 1.165) is 46.8 Å². The van der Waals surface area contributed by atoms with E-state index >= 15 is 0 Å². The van der Waals surface area contributed by atoms with Crippen molar-refractivity contribution in [2.75, 3.05) is 25.0 Å². The van der Waals surface area contributed by atoms with Crippen LogP contribution >= 0.6 is 0 Å². The summed E-state index contributed by atoms with van der Waals surface area (Å²) in [5.74, 6) is -0.0589. The van der Waals surface area contributed by atoms with Crippen LogP contribution in [0.2, 0.25) is 0 Å². The quantitative estimate of drug-likeness (QED) is 0.302. The van der Waals surface area contributed by atoms with Gasteiger partial charge in [0.1, 0.15) is 0 Å². The average molecular weight is 525 g/mol. The molecular formula is C31H36N6O2. The number of piperidine rings is 1. The summed E-state index contributed by atoms with van der Waals surface area (Å²) in [4.78, 5) is 28.2. The third-order valence-electron chi connectivity index (χ3n) is 7.23. The van der Waals surface area contributed by atoms with Crippen molar-refractivity contribution in [1.29, 1.82) is 0 Å². The number of likely N-dealkylation sites (tertiary alicyclic amines) is 1. The van der Waals surface area contributed by atoms with Crippen LogP contribution in [0.3, 0.4) is 0 Å². The number of Topliss-reactive ketones (excluding diaryl/α,β-unsaturated/α-hetero) is 1. The number of ketones is 1. The van der Waals surface area contributed by atoms with Crippen LogP contribution < -0.4 is 5.32 Å². The topological polar surface area (TPSA) is 85.0 Å². The van der Waals surface area contributed by atoms with Crippen molar-refractivity contribution < 1.29 is 9.59 Å². The number of nitrogens with one attached hydrogen (secondary N) is 1. The molecule has 5 rings (SSSR count). The number of carbonyl (C=O) groups is 2. The van der Waals surface area contributed by atoms with Gasteiger partial charge in [-0.15, -0.1) is 0 Å². The van der Waals surface area contributed by atoms with Gasteiger partial charge in [-0.25, -0.2) is 4.68 Å². The van der Waals surface area contributed by atoms with Crippen molar-refractivity contribution in [2.24, 2.45) is 0 Å². The number of aromatic nitrogens is 4.